The molecule has 0 atom stereocenters. The molecule has 6 nitrogen and oxygen atoms in total. The SMILES string of the molecule is CC([O-])=NCC[n+]1ccc(-c2cc[n+](CC[NH+]=C(C)O)cc2)cc1. The molecule has 0 radical (unpaired) electrons. The Balaban J connectivity index is 1.96. The van der Waals surface area contributed by atoms with Crippen LogP contribution in [0.1, 0.15) is 13.8 Å². The smallest absolute Gasteiger partial charge is 0.329 e. The average molecular weight is 328 g/mol. The van der Waals surface area contributed by atoms with Gasteiger partial charge in [0.1, 0.15) is 0 Å². The molecular weight excluding hydrogens is 304 g/mol. The summed E-state index contributed by atoms with van der Waals surface area (Å²) in [5.41, 5.74) is 2.28. The lowest BCUT2D eigenvalue weighted by molar-refractivity contribution is -0.718. The van der Waals surface area contributed by atoms with Crippen LogP contribution in [-0.2, 0) is 13.1 Å². The molecule has 2 heterocycles. The molecule has 126 valence electrons. The first kappa shape index (κ1) is 17.6. The zero-order valence-electron chi connectivity index (χ0n) is 14.1. The largest absolute Gasteiger partial charge is 0.862 e. The molecule has 0 aliphatic heterocycles. The third kappa shape index (κ3) is 5.79. The van der Waals surface area contributed by atoms with Gasteiger partial charge in [-0.25, -0.2) is 9.56 Å². The van der Waals surface area contributed by atoms with Gasteiger partial charge < -0.3 is 10.2 Å². The van der Waals surface area contributed by atoms with Crippen molar-refractivity contribution in [3.05, 3.63) is 49.1 Å². The van der Waals surface area contributed by atoms with E-state index < -0.39 is 0 Å². The van der Waals surface area contributed by atoms with Crippen molar-refractivity contribution in [2.75, 3.05) is 13.1 Å². The number of hydrogen-bond donors (Lipinski definition) is 2. The molecule has 2 rings (SSSR count). The second-order valence-corrected chi connectivity index (χ2v) is 5.56. The molecule has 0 aromatic carbocycles. The van der Waals surface area contributed by atoms with Crippen LogP contribution in [0.3, 0.4) is 0 Å². The van der Waals surface area contributed by atoms with Crippen molar-refractivity contribution < 1.29 is 24.3 Å². The molecule has 0 fully saturated rings. The van der Waals surface area contributed by atoms with E-state index in [0.717, 1.165) is 17.7 Å². The molecule has 0 amide bonds. The predicted molar refractivity (Wildman–Crippen MR) is 89.4 cm³/mol. The van der Waals surface area contributed by atoms with E-state index in [-0.39, 0.29) is 11.8 Å². The van der Waals surface area contributed by atoms with Crippen LogP contribution in [0, 0.1) is 0 Å². The average Bonchev–Trinajstić information content (AvgIpc) is 2.56. The molecule has 0 saturated heterocycles. The number of aliphatic hydroxyl groups is 1. The van der Waals surface area contributed by atoms with Crippen LogP contribution < -0.4 is 19.2 Å². The lowest BCUT2D eigenvalue weighted by Crippen LogP contribution is -2.74. The number of nitrogens with zero attached hydrogens (tertiary/aromatic N) is 3. The molecule has 2 N–H and O–H groups in total. The van der Waals surface area contributed by atoms with Crippen LogP contribution in [0.25, 0.3) is 11.1 Å². The minimum atomic E-state index is -0.132. The third-order valence-corrected chi connectivity index (χ3v) is 3.56. The first-order valence-corrected chi connectivity index (χ1v) is 7.97. The number of nitrogens with one attached hydrogen (secondary N) is 1. The fourth-order valence-corrected chi connectivity index (χ4v) is 2.29. The summed E-state index contributed by atoms with van der Waals surface area (Å²) in [6.45, 7) is 5.76. The minimum absolute atomic E-state index is 0.132. The maximum absolute atomic E-state index is 10.8. The van der Waals surface area contributed by atoms with Gasteiger partial charge in [-0.1, -0.05) is 0 Å². The summed E-state index contributed by atoms with van der Waals surface area (Å²) in [5.74, 6) is 0.105. The molecule has 24 heavy (non-hydrogen) atoms. The van der Waals surface area contributed by atoms with Crippen LogP contribution in [0.5, 0.6) is 0 Å². The highest BCUT2D eigenvalue weighted by Crippen LogP contribution is 2.15. The summed E-state index contributed by atoms with van der Waals surface area (Å²) in [6, 6.07) is 8.25. The van der Waals surface area contributed by atoms with Gasteiger partial charge in [-0.05, 0) is 23.9 Å². The monoisotopic (exact) mass is 328 g/mol. The number of rotatable bonds is 7. The second kappa shape index (κ2) is 8.76. The Hall–Kier alpha value is -2.76. The van der Waals surface area contributed by atoms with E-state index in [4.69, 9.17) is 5.11 Å². The molecular formula is C18H24N4O2+2. The summed E-state index contributed by atoms with van der Waals surface area (Å²) in [6.07, 6.45) is 8.04. The molecule has 2 aromatic rings. The van der Waals surface area contributed by atoms with Crippen molar-refractivity contribution in [3.63, 3.8) is 0 Å². The number of aromatic nitrogens is 2. The number of aliphatic imine (C=N–C) groups is 1. The Labute approximate surface area is 142 Å². The summed E-state index contributed by atoms with van der Waals surface area (Å²) >= 11 is 0. The van der Waals surface area contributed by atoms with Gasteiger partial charge in [-0.3, -0.25) is 4.99 Å². The Morgan fingerprint density at radius 3 is 1.96 bits per heavy atom. The third-order valence-electron chi connectivity index (χ3n) is 3.56. The van der Waals surface area contributed by atoms with Crippen molar-refractivity contribution in [1.82, 2.24) is 0 Å². The van der Waals surface area contributed by atoms with Crippen molar-refractivity contribution in [2.45, 2.75) is 26.9 Å². The molecule has 6 heteroatoms. The van der Waals surface area contributed by atoms with Gasteiger partial charge in [0.15, 0.2) is 31.3 Å². The minimum Gasteiger partial charge on any atom is -0.862 e. The zero-order valence-corrected chi connectivity index (χ0v) is 14.1. The maximum Gasteiger partial charge on any atom is 0.329 e. The van der Waals surface area contributed by atoms with E-state index in [0.29, 0.717) is 19.6 Å². The van der Waals surface area contributed by atoms with E-state index in [1.165, 1.54) is 6.92 Å². The number of aliphatic hydroxyl groups excluding tert-OH is 1. The molecule has 0 aliphatic rings. The highest BCUT2D eigenvalue weighted by molar-refractivity contribution is 5.67. The van der Waals surface area contributed by atoms with Crippen LogP contribution in [0.15, 0.2) is 54.0 Å². The van der Waals surface area contributed by atoms with Crippen molar-refractivity contribution >= 4 is 11.8 Å². The van der Waals surface area contributed by atoms with Crippen LogP contribution >= 0.6 is 0 Å². The quantitative estimate of drug-likeness (QED) is 0.379. The van der Waals surface area contributed by atoms with E-state index in [1.54, 1.807) is 6.92 Å². The van der Waals surface area contributed by atoms with Crippen LogP contribution in [0.4, 0.5) is 0 Å². The fraction of sp³-hybridized carbons (Fsp3) is 0.333. The Morgan fingerprint density at radius 1 is 1.00 bits per heavy atom. The number of pyridine rings is 2. The van der Waals surface area contributed by atoms with E-state index in [1.807, 2.05) is 29.4 Å². The summed E-state index contributed by atoms with van der Waals surface area (Å²) in [5, 5.41) is 19.9. The first-order chi connectivity index (χ1) is 11.5. The van der Waals surface area contributed by atoms with Gasteiger partial charge in [-0.2, -0.15) is 4.57 Å². The van der Waals surface area contributed by atoms with Gasteiger partial charge in [0.25, 0.3) is 0 Å². The molecule has 0 spiro atoms. The first-order valence-electron chi connectivity index (χ1n) is 7.97. The van der Waals surface area contributed by atoms with Gasteiger partial charge in [-0.15, -0.1) is 0 Å². The van der Waals surface area contributed by atoms with Crippen molar-refractivity contribution in [2.24, 2.45) is 4.99 Å². The molecule has 0 saturated carbocycles. The topological polar surface area (TPSA) is 77.4 Å². The van der Waals surface area contributed by atoms with Crippen molar-refractivity contribution in [3.8, 4) is 11.1 Å². The maximum atomic E-state index is 10.8. The lowest BCUT2D eigenvalue weighted by atomic mass is 10.1. The van der Waals surface area contributed by atoms with Gasteiger partial charge >= 0.3 is 5.90 Å². The number of hydrogen-bond acceptors (Lipinski definition) is 2. The predicted octanol–water partition coefficient (Wildman–Crippen LogP) is -1.24. The standard InChI is InChI=1S/C18H22N4O2/c1-15(23)19-7-13-21-9-3-17(4-10-21)18-5-11-22(12-6-18)14-8-20-16(2)24/h3-6,9-12H,7-8,13-14H2,1-2H3/p+2. The highest BCUT2D eigenvalue weighted by Gasteiger charge is 2.06. The molecule has 0 aliphatic carbocycles. The highest BCUT2D eigenvalue weighted by atomic mass is 16.3. The Kier molecular flexibility index (Phi) is 6.42. The Morgan fingerprint density at radius 2 is 1.50 bits per heavy atom. The summed E-state index contributed by atoms with van der Waals surface area (Å²) < 4.78 is 4.07. The van der Waals surface area contributed by atoms with Gasteiger partial charge in [0, 0.05) is 24.3 Å². The van der Waals surface area contributed by atoms with E-state index >= 15 is 0 Å². The summed E-state index contributed by atoms with van der Waals surface area (Å²) in [7, 11) is 0. The van der Waals surface area contributed by atoms with Crippen LogP contribution in [0.2, 0.25) is 0 Å². The fourth-order valence-electron chi connectivity index (χ4n) is 2.29. The molecule has 0 unspecified atom stereocenters. The lowest BCUT2D eigenvalue weighted by Gasteiger charge is -2.02. The van der Waals surface area contributed by atoms with E-state index in [9.17, 15) is 5.11 Å². The normalized spacial score (nSPS) is 12.4. The van der Waals surface area contributed by atoms with Gasteiger partial charge in [0.05, 0.1) is 13.5 Å². The Bertz CT molecular complexity index is 635. The van der Waals surface area contributed by atoms with Crippen molar-refractivity contribution in [1.29, 1.82) is 0 Å². The summed E-state index contributed by atoms with van der Waals surface area (Å²) in [4.78, 5) is 6.75. The molecule has 2 aromatic heterocycles. The van der Waals surface area contributed by atoms with Crippen LogP contribution in [-0.4, -0.2) is 30.0 Å². The molecule has 0 bridgehead atoms. The van der Waals surface area contributed by atoms with E-state index in [2.05, 4.69) is 38.8 Å². The second-order valence-electron chi connectivity index (χ2n) is 5.56. The van der Waals surface area contributed by atoms with Gasteiger partial charge in [0.2, 0.25) is 13.1 Å². The zero-order chi connectivity index (χ0) is 17.4.